The summed E-state index contributed by atoms with van der Waals surface area (Å²) in [4.78, 5) is 8.51. The lowest BCUT2D eigenvalue weighted by molar-refractivity contribution is 0.0556. The average Bonchev–Trinajstić information content (AvgIpc) is 2.89. The van der Waals surface area contributed by atoms with E-state index in [0.29, 0.717) is 18.3 Å². The van der Waals surface area contributed by atoms with Gasteiger partial charge >= 0.3 is 0 Å². The zero-order valence-corrected chi connectivity index (χ0v) is 11.3. The molecule has 2 aromatic heterocycles. The van der Waals surface area contributed by atoms with E-state index >= 15 is 0 Å². The molecule has 102 valence electrons. The van der Waals surface area contributed by atoms with Crippen LogP contribution in [0.15, 0.2) is 22.9 Å². The Balaban J connectivity index is 2.29. The molecule has 0 aliphatic heterocycles. The van der Waals surface area contributed by atoms with Crippen LogP contribution in [0, 0.1) is 5.92 Å². The van der Waals surface area contributed by atoms with E-state index in [1.807, 2.05) is 26.0 Å². The van der Waals surface area contributed by atoms with Crippen molar-refractivity contribution in [1.29, 1.82) is 0 Å². The Morgan fingerprint density at radius 1 is 1.42 bits per heavy atom. The molecule has 0 radical (unpaired) electrons. The Bertz CT molecular complexity index is 539. The van der Waals surface area contributed by atoms with Gasteiger partial charge < -0.3 is 15.0 Å². The Labute approximate surface area is 112 Å². The van der Waals surface area contributed by atoms with Gasteiger partial charge in [0.15, 0.2) is 0 Å². The first-order valence-corrected chi connectivity index (χ1v) is 6.17. The van der Waals surface area contributed by atoms with Crippen molar-refractivity contribution in [3.63, 3.8) is 0 Å². The standard InChI is InChI=1S/C13H18N4O2/c1-8(2)11(18-3)12-16-13(19-17-12)9-4-5-15-10(6-9)7-14/h4-6,8,11H,7,14H2,1-3H3. The fourth-order valence-corrected chi connectivity index (χ4v) is 1.87. The van der Waals surface area contributed by atoms with Crippen LogP contribution >= 0.6 is 0 Å². The first kappa shape index (κ1) is 13.6. The van der Waals surface area contributed by atoms with Gasteiger partial charge in [-0.05, 0) is 18.1 Å². The lowest BCUT2D eigenvalue weighted by Gasteiger charge is -2.14. The van der Waals surface area contributed by atoms with Crippen molar-refractivity contribution in [2.75, 3.05) is 7.11 Å². The lowest BCUT2D eigenvalue weighted by Crippen LogP contribution is -2.10. The van der Waals surface area contributed by atoms with Gasteiger partial charge in [0.1, 0.15) is 6.10 Å². The number of pyridine rings is 1. The van der Waals surface area contributed by atoms with E-state index in [2.05, 4.69) is 15.1 Å². The van der Waals surface area contributed by atoms with Crippen molar-refractivity contribution in [2.24, 2.45) is 11.7 Å². The van der Waals surface area contributed by atoms with Crippen LogP contribution in [-0.2, 0) is 11.3 Å². The fourth-order valence-electron chi connectivity index (χ4n) is 1.87. The molecular weight excluding hydrogens is 244 g/mol. The average molecular weight is 262 g/mol. The number of hydrogen-bond acceptors (Lipinski definition) is 6. The molecule has 0 bridgehead atoms. The van der Waals surface area contributed by atoms with Crippen LogP contribution in [0.3, 0.4) is 0 Å². The van der Waals surface area contributed by atoms with Gasteiger partial charge in [-0.15, -0.1) is 0 Å². The van der Waals surface area contributed by atoms with Crippen molar-refractivity contribution < 1.29 is 9.26 Å². The summed E-state index contributed by atoms with van der Waals surface area (Å²) in [5.74, 6) is 1.28. The third-order valence-corrected chi connectivity index (χ3v) is 2.83. The van der Waals surface area contributed by atoms with Crippen molar-refractivity contribution in [2.45, 2.75) is 26.5 Å². The molecule has 0 fully saturated rings. The Kier molecular flexibility index (Phi) is 4.24. The van der Waals surface area contributed by atoms with Crippen LogP contribution in [0.25, 0.3) is 11.5 Å². The van der Waals surface area contributed by atoms with Gasteiger partial charge in [-0.25, -0.2) is 0 Å². The Morgan fingerprint density at radius 3 is 2.84 bits per heavy atom. The fraction of sp³-hybridized carbons (Fsp3) is 0.462. The molecule has 2 N–H and O–H groups in total. The monoisotopic (exact) mass is 262 g/mol. The number of ether oxygens (including phenoxy) is 1. The van der Waals surface area contributed by atoms with Crippen LogP contribution in [-0.4, -0.2) is 22.2 Å². The number of aromatic nitrogens is 3. The molecule has 1 unspecified atom stereocenters. The highest BCUT2D eigenvalue weighted by molar-refractivity contribution is 5.52. The molecule has 2 rings (SSSR count). The predicted molar refractivity (Wildman–Crippen MR) is 70.0 cm³/mol. The number of nitrogens with zero attached hydrogens (tertiary/aromatic N) is 3. The summed E-state index contributed by atoms with van der Waals surface area (Å²) in [6.45, 7) is 4.47. The molecule has 0 aliphatic rings. The number of nitrogens with two attached hydrogens (primary N) is 1. The van der Waals surface area contributed by atoms with E-state index in [-0.39, 0.29) is 12.0 Å². The molecular formula is C13H18N4O2. The summed E-state index contributed by atoms with van der Waals surface area (Å²) < 4.78 is 10.6. The van der Waals surface area contributed by atoms with E-state index in [1.165, 1.54) is 0 Å². The predicted octanol–water partition coefficient (Wildman–Crippen LogP) is 1.93. The van der Waals surface area contributed by atoms with E-state index in [0.717, 1.165) is 11.3 Å². The normalized spacial score (nSPS) is 12.9. The molecule has 19 heavy (non-hydrogen) atoms. The van der Waals surface area contributed by atoms with Crippen LogP contribution in [0.5, 0.6) is 0 Å². The Hall–Kier alpha value is -1.79. The van der Waals surface area contributed by atoms with Crippen molar-refractivity contribution in [3.05, 3.63) is 29.8 Å². The van der Waals surface area contributed by atoms with Gasteiger partial charge in [0.25, 0.3) is 5.89 Å². The highest BCUT2D eigenvalue weighted by Gasteiger charge is 2.21. The van der Waals surface area contributed by atoms with Crippen LogP contribution in [0.1, 0.15) is 31.5 Å². The van der Waals surface area contributed by atoms with Crippen molar-refractivity contribution in [3.8, 4) is 11.5 Å². The molecule has 2 heterocycles. The largest absolute Gasteiger partial charge is 0.373 e. The SMILES string of the molecule is COC(c1noc(-c2ccnc(CN)c2)n1)C(C)C. The summed E-state index contributed by atoms with van der Waals surface area (Å²) in [5.41, 5.74) is 7.16. The highest BCUT2D eigenvalue weighted by Crippen LogP contribution is 2.25. The number of hydrogen-bond donors (Lipinski definition) is 1. The van der Waals surface area contributed by atoms with Crippen LogP contribution in [0.2, 0.25) is 0 Å². The molecule has 6 heteroatoms. The zero-order chi connectivity index (χ0) is 13.8. The minimum absolute atomic E-state index is 0.173. The second-order valence-corrected chi connectivity index (χ2v) is 4.60. The molecule has 0 amide bonds. The van der Waals surface area contributed by atoms with Crippen molar-refractivity contribution in [1.82, 2.24) is 15.1 Å². The number of rotatable bonds is 5. The third-order valence-electron chi connectivity index (χ3n) is 2.83. The zero-order valence-electron chi connectivity index (χ0n) is 11.3. The Morgan fingerprint density at radius 2 is 2.21 bits per heavy atom. The van der Waals surface area contributed by atoms with Gasteiger partial charge in [-0.2, -0.15) is 4.98 Å². The van der Waals surface area contributed by atoms with Gasteiger partial charge in [-0.1, -0.05) is 19.0 Å². The first-order valence-electron chi connectivity index (χ1n) is 6.17. The first-order chi connectivity index (χ1) is 9.15. The molecule has 0 saturated heterocycles. The molecule has 1 atom stereocenters. The molecule has 6 nitrogen and oxygen atoms in total. The van der Waals surface area contributed by atoms with Crippen LogP contribution < -0.4 is 5.73 Å². The van der Waals surface area contributed by atoms with E-state index in [4.69, 9.17) is 15.0 Å². The maximum Gasteiger partial charge on any atom is 0.258 e. The maximum absolute atomic E-state index is 5.56. The molecule has 0 saturated carbocycles. The summed E-state index contributed by atoms with van der Waals surface area (Å²) in [7, 11) is 1.64. The van der Waals surface area contributed by atoms with Gasteiger partial charge in [0, 0.05) is 25.4 Å². The summed E-state index contributed by atoms with van der Waals surface area (Å²) in [6, 6.07) is 3.65. The summed E-state index contributed by atoms with van der Waals surface area (Å²) in [5, 5.41) is 3.98. The van der Waals surface area contributed by atoms with E-state index in [9.17, 15) is 0 Å². The topological polar surface area (TPSA) is 87.1 Å². The highest BCUT2D eigenvalue weighted by atomic mass is 16.5. The van der Waals surface area contributed by atoms with Gasteiger partial charge in [0.05, 0.1) is 5.69 Å². The van der Waals surface area contributed by atoms with Gasteiger partial charge in [0.2, 0.25) is 5.82 Å². The third kappa shape index (κ3) is 2.97. The van der Waals surface area contributed by atoms with Crippen LogP contribution in [0.4, 0.5) is 0 Å². The minimum Gasteiger partial charge on any atom is -0.373 e. The molecule has 0 spiro atoms. The molecule has 0 aromatic carbocycles. The van der Waals surface area contributed by atoms with Gasteiger partial charge in [-0.3, -0.25) is 4.98 Å². The second-order valence-electron chi connectivity index (χ2n) is 4.60. The summed E-state index contributed by atoms with van der Waals surface area (Å²) >= 11 is 0. The second kappa shape index (κ2) is 5.90. The smallest absolute Gasteiger partial charge is 0.258 e. The lowest BCUT2D eigenvalue weighted by atomic mass is 10.1. The molecule has 0 aliphatic carbocycles. The van der Waals surface area contributed by atoms with Crippen molar-refractivity contribution >= 4 is 0 Å². The van der Waals surface area contributed by atoms with E-state index in [1.54, 1.807) is 13.3 Å². The minimum atomic E-state index is -0.173. The summed E-state index contributed by atoms with van der Waals surface area (Å²) in [6.07, 6.45) is 1.51. The number of methoxy groups -OCH3 is 1. The van der Waals surface area contributed by atoms with E-state index < -0.39 is 0 Å². The quantitative estimate of drug-likeness (QED) is 0.886. The maximum atomic E-state index is 5.56. The molecule has 2 aromatic rings.